The fraction of sp³-hybridized carbons (Fsp3) is 0.300. The normalized spacial score (nSPS) is 10.7. The van der Waals surface area contributed by atoms with Crippen molar-refractivity contribution in [3.63, 3.8) is 0 Å². The molecule has 0 fully saturated rings. The third-order valence-electron chi connectivity index (χ3n) is 4.27. The number of phenols is 1. The van der Waals surface area contributed by atoms with Gasteiger partial charge in [-0.1, -0.05) is 42.1 Å². The largest absolute Gasteiger partial charge is 3.00 e. The first-order valence-corrected chi connectivity index (χ1v) is 8.83. The van der Waals surface area contributed by atoms with E-state index >= 15 is 0 Å². The average molecular weight is 456 g/mol. The molecule has 10 heteroatoms. The van der Waals surface area contributed by atoms with Crippen molar-refractivity contribution in [3.8, 4) is 17.2 Å². The van der Waals surface area contributed by atoms with Crippen LogP contribution in [0.2, 0.25) is 0 Å². The molecule has 0 unspecified atom stereocenters. The van der Waals surface area contributed by atoms with Gasteiger partial charge in [0.05, 0.1) is 11.9 Å². The van der Waals surface area contributed by atoms with Gasteiger partial charge in [0.1, 0.15) is 5.75 Å². The van der Waals surface area contributed by atoms with E-state index in [-0.39, 0.29) is 54.6 Å². The third-order valence-corrected chi connectivity index (χ3v) is 4.27. The Bertz CT molecular complexity index is 863. The summed E-state index contributed by atoms with van der Waals surface area (Å²) in [5.41, 5.74) is 0.595. The van der Waals surface area contributed by atoms with Gasteiger partial charge < -0.3 is 35.1 Å². The van der Waals surface area contributed by atoms with E-state index in [1.807, 2.05) is 0 Å². The molecule has 9 nitrogen and oxygen atoms in total. The Hall–Kier alpha value is -2.78. The Morgan fingerprint density at radius 3 is 1.83 bits per heavy atom. The first-order valence-electron chi connectivity index (χ1n) is 8.83. The smallest absolute Gasteiger partial charge is 0.872 e. The van der Waals surface area contributed by atoms with Crippen molar-refractivity contribution >= 4 is 11.9 Å². The second kappa shape index (κ2) is 12.0. The van der Waals surface area contributed by atoms with E-state index in [4.69, 9.17) is 0 Å². The van der Waals surface area contributed by atoms with Crippen molar-refractivity contribution in [2.24, 2.45) is 0 Å². The topological polar surface area (TPSA) is 153 Å². The van der Waals surface area contributed by atoms with E-state index in [0.29, 0.717) is 5.56 Å². The van der Waals surface area contributed by atoms with Crippen LogP contribution in [-0.2, 0) is 39.7 Å². The number of carbonyl (C=O) groups is 2. The van der Waals surface area contributed by atoms with Crippen molar-refractivity contribution < 1.29 is 52.2 Å². The van der Waals surface area contributed by atoms with Gasteiger partial charge in [0.15, 0.2) is 0 Å². The first-order chi connectivity index (χ1) is 13.8. The zero-order chi connectivity index (χ0) is 21.4. The molecule has 0 aliphatic carbocycles. The average Bonchev–Trinajstić information content (AvgIpc) is 2.64. The van der Waals surface area contributed by atoms with Crippen molar-refractivity contribution in [1.82, 2.24) is 9.80 Å². The maximum Gasteiger partial charge on any atom is 3.00 e. The molecule has 1 N–H and O–H groups in total. The van der Waals surface area contributed by atoms with E-state index in [0.717, 1.165) is 0 Å². The fourth-order valence-electron chi connectivity index (χ4n) is 2.89. The second-order valence-corrected chi connectivity index (χ2v) is 6.54. The molecule has 0 saturated heterocycles. The number of rotatable bonds is 11. The summed E-state index contributed by atoms with van der Waals surface area (Å²) >= 11 is 0. The predicted molar refractivity (Wildman–Crippen MR) is 94.0 cm³/mol. The number of aromatic hydroxyl groups is 1. The zero-order valence-corrected chi connectivity index (χ0v) is 17.0. The molecule has 0 spiro atoms. The van der Waals surface area contributed by atoms with E-state index in [2.05, 4.69) is 0 Å². The molecule has 161 valence electrons. The Morgan fingerprint density at radius 1 is 0.800 bits per heavy atom. The standard InChI is InChI=1S/C20H24N2O7.Fe/c23-16-6-2-1-4-14(16)10-21(12-18(25)26)8-9-22(13-19(27)28)11-15-5-3-7-17(24)20(15)29;/h1-7,23-24,29H,8-13H2,(H,25,26)(H,27,28);/q;+3/p-4. The molecule has 0 atom stereocenters. The van der Waals surface area contributed by atoms with Gasteiger partial charge in [-0.05, 0) is 17.2 Å². The van der Waals surface area contributed by atoms with Crippen molar-refractivity contribution in [2.45, 2.75) is 13.1 Å². The minimum absolute atomic E-state index is 0. The number of aliphatic carboxylic acids is 2. The van der Waals surface area contributed by atoms with Crippen molar-refractivity contribution in [2.75, 3.05) is 26.2 Å². The van der Waals surface area contributed by atoms with Crippen LogP contribution in [0.1, 0.15) is 11.1 Å². The molecule has 1 radical (unpaired) electrons. The number of carbonyl (C=O) groups excluding carboxylic acids is 2. The van der Waals surface area contributed by atoms with Crippen LogP contribution >= 0.6 is 0 Å². The summed E-state index contributed by atoms with van der Waals surface area (Å²) in [7, 11) is 0. The van der Waals surface area contributed by atoms with Gasteiger partial charge in [-0.3, -0.25) is 9.80 Å². The molecule has 30 heavy (non-hydrogen) atoms. The summed E-state index contributed by atoms with van der Waals surface area (Å²) < 4.78 is 0. The molecular weight excluding hydrogens is 436 g/mol. The first kappa shape index (κ1) is 25.3. The summed E-state index contributed by atoms with van der Waals surface area (Å²) in [5, 5.41) is 55.5. The van der Waals surface area contributed by atoms with Gasteiger partial charge in [0, 0.05) is 39.3 Å². The summed E-state index contributed by atoms with van der Waals surface area (Å²) in [6.45, 7) is -0.789. The van der Waals surface area contributed by atoms with Crippen LogP contribution in [0.5, 0.6) is 17.2 Å². The molecule has 0 aliphatic rings. The Kier molecular flexibility index (Phi) is 10.1. The minimum Gasteiger partial charge on any atom is -0.872 e. The van der Waals surface area contributed by atoms with Gasteiger partial charge >= 0.3 is 17.1 Å². The van der Waals surface area contributed by atoms with E-state index in [1.165, 1.54) is 34.1 Å². The monoisotopic (exact) mass is 456 g/mol. The molecular formula is C20H20FeN2O7-. The van der Waals surface area contributed by atoms with Crippen LogP contribution in [0, 0.1) is 0 Å². The van der Waals surface area contributed by atoms with Gasteiger partial charge in [-0.25, -0.2) is 0 Å². The maximum atomic E-state index is 12.0. The second-order valence-electron chi connectivity index (χ2n) is 6.54. The van der Waals surface area contributed by atoms with E-state index < -0.39 is 36.5 Å². The minimum atomic E-state index is -1.37. The van der Waals surface area contributed by atoms with Crippen LogP contribution in [0.15, 0.2) is 42.5 Å². The van der Waals surface area contributed by atoms with Crippen molar-refractivity contribution in [3.05, 3.63) is 53.6 Å². The van der Waals surface area contributed by atoms with Crippen LogP contribution < -0.4 is 20.4 Å². The van der Waals surface area contributed by atoms with Gasteiger partial charge in [-0.2, -0.15) is 0 Å². The number of benzene rings is 2. The number of para-hydroxylation sites is 2. The number of carboxylic acids is 2. The van der Waals surface area contributed by atoms with Gasteiger partial charge in [-0.15, -0.1) is 5.75 Å². The van der Waals surface area contributed by atoms with Crippen LogP contribution in [0.4, 0.5) is 0 Å². The summed E-state index contributed by atoms with van der Waals surface area (Å²) in [5.74, 6) is -3.99. The number of hydrogen-bond donors (Lipinski definition) is 1. The third kappa shape index (κ3) is 7.92. The Labute approximate surface area is 184 Å². The van der Waals surface area contributed by atoms with Crippen molar-refractivity contribution in [1.29, 1.82) is 0 Å². The summed E-state index contributed by atoms with van der Waals surface area (Å²) in [4.78, 5) is 25.0. The number of phenolic OH excluding ortho intramolecular Hbond substituents is 1. The number of carboxylic acid groups (broad SMARTS) is 2. The SMILES string of the molecule is O=C([O-])CN(CCN(CC(=O)[O-])Cc1cccc(O)c1[O-])Cc1ccccc1[O-].[Fe+3]. The van der Waals surface area contributed by atoms with Gasteiger partial charge in [0.25, 0.3) is 0 Å². The molecule has 0 amide bonds. The molecule has 0 aromatic heterocycles. The number of nitrogens with zero attached hydrogens (tertiary/aromatic N) is 2. The Morgan fingerprint density at radius 2 is 1.30 bits per heavy atom. The fourth-order valence-corrected chi connectivity index (χ4v) is 2.89. The predicted octanol–water partition coefficient (Wildman–Crippen LogP) is -2.66. The molecule has 0 saturated carbocycles. The molecule has 2 aromatic rings. The summed E-state index contributed by atoms with van der Waals surface area (Å²) in [6.07, 6.45) is 0. The van der Waals surface area contributed by atoms with Crippen LogP contribution in [-0.4, -0.2) is 53.0 Å². The van der Waals surface area contributed by atoms with E-state index in [9.17, 15) is 35.1 Å². The maximum absolute atomic E-state index is 12.0. The zero-order valence-electron chi connectivity index (χ0n) is 15.9. The van der Waals surface area contributed by atoms with Gasteiger partial charge in [0.2, 0.25) is 0 Å². The summed E-state index contributed by atoms with van der Waals surface area (Å²) in [6, 6.07) is 10.4. The number of hydrogen-bond acceptors (Lipinski definition) is 9. The molecule has 2 aromatic carbocycles. The molecule has 0 heterocycles. The molecule has 0 aliphatic heterocycles. The quantitative estimate of drug-likeness (QED) is 0.357. The van der Waals surface area contributed by atoms with Crippen LogP contribution in [0.3, 0.4) is 0 Å². The van der Waals surface area contributed by atoms with E-state index in [1.54, 1.807) is 18.2 Å². The molecule has 2 rings (SSSR count). The Balaban J connectivity index is 0.00000450. The molecule has 0 bridgehead atoms. The van der Waals surface area contributed by atoms with Crippen LogP contribution in [0.25, 0.3) is 0 Å².